The first-order valence-corrected chi connectivity index (χ1v) is 6.81. The van der Waals surface area contributed by atoms with Crippen LogP contribution in [0.2, 0.25) is 0 Å². The second-order valence-corrected chi connectivity index (χ2v) is 5.80. The second-order valence-electron chi connectivity index (χ2n) is 5.80. The Morgan fingerprint density at radius 1 is 1.35 bits per heavy atom. The summed E-state index contributed by atoms with van der Waals surface area (Å²) < 4.78 is 0. The highest BCUT2D eigenvalue weighted by molar-refractivity contribution is 5.24. The number of hydrogen-bond acceptors (Lipinski definition) is 2. The van der Waals surface area contributed by atoms with E-state index in [1.165, 1.54) is 30.4 Å². The van der Waals surface area contributed by atoms with Crippen molar-refractivity contribution in [2.75, 3.05) is 0 Å². The third-order valence-corrected chi connectivity index (χ3v) is 4.69. The van der Waals surface area contributed by atoms with Crippen LogP contribution in [0.15, 0.2) is 24.3 Å². The predicted octanol–water partition coefficient (Wildman–Crippen LogP) is 2.42. The Balaban J connectivity index is 1.66. The van der Waals surface area contributed by atoms with E-state index < -0.39 is 0 Å². The fraction of sp³-hybridized carbons (Fsp3) is 0.600. The molecule has 3 unspecified atom stereocenters. The number of nitrogens with two attached hydrogens (primary N) is 1. The highest BCUT2D eigenvalue weighted by Crippen LogP contribution is 2.59. The summed E-state index contributed by atoms with van der Waals surface area (Å²) in [6, 6.07) is 9.27. The van der Waals surface area contributed by atoms with Crippen molar-refractivity contribution in [3.05, 3.63) is 35.4 Å². The van der Waals surface area contributed by atoms with Crippen LogP contribution in [0.1, 0.15) is 30.4 Å². The smallest absolute Gasteiger partial charge is 0.0284 e. The zero-order valence-electron chi connectivity index (χ0n) is 10.5. The highest BCUT2D eigenvalue weighted by atomic mass is 15.2. The van der Waals surface area contributed by atoms with Gasteiger partial charge in [0.25, 0.3) is 0 Å². The first kappa shape index (κ1) is 11.2. The maximum absolute atomic E-state index is 5.75. The second kappa shape index (κ2) is 4.43. The van der Waals surface area contributed by atoms with Crippen molar-refractivity contribution in [3.63, 3.8) is 0 Å². The van der Waals surface area contributed by atoms with E-state index in [4.69, 9.17) is 5.84 Å². The predicted molar refractivity (Wildman–Crippen MR) is 70.3 cm³/mol. The quantitative estimate of drug-likeness (QED) is 0.616. The van der Waals surface area contributed by atoms with Gasteiger partial charge in [-0.1, -0.05) is 36.2 Å². The molecule has 3 atom stereocenters. The van der Waals surface area contributed by atoms with Crippen LogP contribution in [0.25, 0.3) is 0 Å². The van der Waals surface area contributed by atoms with E-state index in [1.807, 2.05) is 0 Å². The minimum atomic E-state index is 0.479. The minimum Gasteiger partial charge on any atom is -0.271 e. The van der Waals surface area contributed by atoms with Gasteiger partial charge in [-0.15, -0.1) is 0 Å². The number of fused-ring (bicyclic) bond motifs is 1. The number of rotatable bonds is 4. The molecule has 0 bridgehead atoms. The van der Waals surface area contributed by atoms with Gasteiger partial charge in [0, 0.05) is 6.04 Å². The molecule has 92 valence electrons. The van der Waals surface area contributed by atoms with Crippen molar-refractivity contribution in [1.29, 1.82) is 0 Å². The molecule has 2 fully saturated rings. The van der Waals surface area contributed by atoms with Gasteiger partial charge in [-0.05, 0) is 49.5 Å². The fourth-order valence-electron chi connectivity index (χ4n) is 3.87. The lowest BCUT2D eigenvalue weighted by atomic mass is 9.97. The summed E-state index contributed by atoms with van der Waals surface area (Å²) >= 11 is 0. The summed E-state index contributed by atoms with van der Waals surface area (Å²) in [7, 11) is 0. The lowest BCUT2D eigenvalue weighted by molar-refractivity contribution is 0.410. The Kier molecular flexibility index (Phi) is 2.93. The molecule has 3 N–H and O–H groups in total. The molecule has 2 aliphatic carbocycles. The zero-order valence-corrected chi connectivity index (χ0v) is 10.5. The van der Waals surface area contributed by atoms with Crippen LogP contribution < -0.4 is 11.3 Å². The molecule has 2 saturated carbocycles. The molecule has 0 aromatic heterocycles. The number of aryl methyl sites for hydroxylation is 1. The summed E-state index contributed by atoms with van der Waals surface area (Å²) in [4.78, 5) is 0. The molecule has 2 heteroatoms. The lowest BCUT2D eigenvalue weighted by Crippen LogP contribution is -2.39. The van der Waals surface area contributed by atoms with Crippen LogP contribution in [0, 0.1) is 24.7 Å². The Labute approximate surface area is 104 Å². The van der Waals surface area contributed by atoms with Gasteiger partial charge < -0.3 is 0 Å². The number of hydrazine groups is 1. The molecule has 0 amide bonds. The van der Waals surface area contributed by atoms with Crippen molar-refractivity contribution in [1.82, 2.24) is 5.43 Å². The molecule has 2 nitrogen and oxygen atoms in total. The SMILES string of the molecule is Cc1cccc(CC(NN)C2C3CCCC32)c1. The van der Waals surface area contributed by atoms with E-state index in [-0.39, 0.29) is 0 Å². The Bertz CT molecular complexity index is 392. The van der Waals surface area contributed by atoms with Gasteiger partial charge in [0.2, 0.25) is 0 Å². The molecule has 17 heavy (non-hydrogen) atoms. The van der Waals surface area contributed by atoms with Crippen molar-refractivity contribution in [2.45, 2.75) is 38.6 Å². The Hall–Kier alpha value is -0.860. The summed E-state index contributed by atoms with van der Waals surface area (Å²) in [6.07, 6.45) is 5.38. The fourth-order valence-corrected chi connectivity index (χ4v) is 3.87. The molecule has 0 heterocycles. The van der Waals surface area contributed by atoms with E-state index in [0.717, 1.165) is 24.2 Å². The monoisotopic (exact) mass is 230 g/mol. The van der Waals surface area contributed by atoms with Crippen molar-refractivity contribution in [2.24, 2.45) is 23.6 Å². The number of nitrogens with one attached hydrogen (secondary N) is 1. The van der Waals surface area contributed by atoms with E-state index in [2.05, 4.69) is 36.6 Å². The van der Waals surface area contributed by atoms with Gasteiger partial charge in [-0.2, -0.15) is 0 Å². The van der Waals surface area contributed by atoms with Crippen molar-refractivity contribution in [3.8, 4) is 0 Å². The average molecular weight is 230 g/mol. The van der Waals surface area contributed by atoms with Gasteiger partial charge in [0.15, 0.2) is 0 Å². The summed E-state index contributed by atoms with van der Waals surface area (Å²) in [5.41, 5.74) is 5.82. The van der Waals surface area contributed by atoms with Crippen LogP contribution in [0.4, 0.5) is 0 Å². The molecular formula is C15H22N2. The normalized spacial score (nSPS) is 32.2. The summed E-state index contributed by atoms with van der Waals surface area (Å²) in [5.74, 6) is 8.54. The van der Waals surface area contributed by atoms with E-state index in [1.54, 1.807) is 0 Å². The summed E-state index contributed by atoms with van der Waals surface area (Å²) in [5, 5.41) is 0. The largest absolute Gasteiger partial charge is 0.271 e. The standard InChI is InChI=1S/C15H22N2/c1-10-4-2-5-11(8-10)9-14(17-16)15-12-6-3-7-13(12)15/h2,4-5,8,12-15,17H,3,6-7,9,16H2,1H3. The summed E-state index contributed by atoms with van der Waals surface area (Å²) in [6.45, 7) is 2.15. The third-order valence-electron chi connectivity index (χ3n) is 4.69. The van der Waals surface area contributed by atoms with Crippen molar-refractivity contribution >= 4 is 0 Å². The highest BCUT2D eigenvalue weighted by Gasteiger charge is 2.55. The molecule has 1 aromatic carbocycles. The number of benzene rings is 1. The molecule has 0 aliphatic heterocycles. The van der Waals surface area contributed by atoms with Crippen LogP contribution in [0.5, 0.6) is 0 Å². The van der Waals surface area contributed by atoms with Crippen LogP contribution in [0.3, 0.4) is 0 Å². The molecule has 2 aliphatic rings. The van der Waals surface area contributed by atoms with E-state index in [0.29, 0.717) is 6.04 Å². The first-order chi connectivity index (χ1) is 8.29. The molecule has 0 saturated heterocycles. The van der Waals surface area contributed by atoms with Gasteiger partial charge in [0.1, 0.15) is 0 Å². The van der Waals surface area contributed by atoms with Gasteiger partial charge in [-0.3, -0.25) is 11.3 Å². The van der Waals surface area contributed by atoms with Gasteiger partial charge in [0.05, 0.1) is 0 Å². The maximum atomic E-state index is 5.75. The maximum Gasteiger partial charge on any atom is 0.0284 e. The minimum absolute atomic E-state index is 0.479. The first-order valence-electron chi connectivity index (χ1n) is 6.81. The molecule has 0 radical (unpaired) electrons. The van der Waals surface area contributed by atoms with Crippen LogP contribution >= 0.6 is 0 Å². The van der Waals surface area contributed by atoms with Crippen LogP contribution in [-0.2, 0) is 6.42 Å². The van der Waals surface area contributed by atoms with E-state index >= 15 is 0 Å². The Morgan fingerprint density at radius 3 is 2.76 bits per heavy atom. The Morgan fingerprint density at radius 2 is 2.12 bits per heavy atom. The van der Waals surface area contributed by atoms with Crippen LogP contribution in [-0.4, -0.2) is 6.04 Å². The molecule has 3 rings (SSSR count). The molecule has 0 spiro atoms. The third kappa shape index (κ3) is 2.12. The zero-order chi connectivity index (χ0) is 11.8. The average Bonchev–Trinajstić information content (AvgIpc) is 2.80. The molecule has 1 aromatic rings. The van der Waals surface area contributed by atoms with Gasteiger partial charge >= 0.3 is 0 Å². The van der Waals surface area contributed by atoms with E-state index in [9.17, 15) is 0 Å². The lowest BCUT2D eigenvalue weighted by Gasteiger charge is -2.18. The number of hydrogen-bond donors (Lipinski definition) is 2. The van der Waals surface area contributed by atoms with Crippen molar-refractivity contribution < 1.29 is 0 Å². The molecular weight excluding hydrogens is 208 g/mol. The van der Waals surface area contributed by atoms with Gasteiger partial charge in [-0.25, -0.2) is 0 Å². The topological polar surface area (TPSA) is 38.0 Å².